The van der Waals surface area contributed by atoms with Crippen molar-refractivity contribution in [3.05, 3.63) is 95.4 Å². The number of nitrogens with zero attached hydrogens (tertiary/aromatic N) is 2. The van der Waals surface area contributed by atoms with E-state index >= 15 is 0 Å². The number of rotatable bonds is 8. The summed E-state index contributed by atoms with van der Waals surface area (Å²) in [5, 5.41) is 4.19. The van der Waals surface area contributed by atoms with Gasteiger partial charge in [-0.2, -0.15) is 0 Å². The van der Waals surface area contributed by atoms with Gasteiger partial charge in [0.25, 0.3) is 5.91 Å². The molecule has 2 aromatic heterocycles. The highest BCUT2D eigenvalue weighted by atomic mass is 32.2. The standard InChI is InChI=1S/C27H27N3OS/c1-2-32-25-11-6-19(7-12-25)18-29-27(31)20-8-13-26-21(15-20)16-24(30(26)23-9-10-23)17-22-5-3-4-14-28-22/h3-8,11-16,23H,2,9-10,17-18H2,1H3,(H,29,31). The van der Waals surface area contributed by atoms with Crippen LogP contribution in [0.15, 0.2) is 77.8 Å². The number of aromatic nitrogens is 2. The van der Waals surface area contributed by atoms with Crippen molar-refractivity contribution in [2.75, 3.05) is 5.75 Å². The number of fused-ring (bicyclic) bond motifs is 1. The molecule has 1 fully saturated rings. The summed E-state index contributed by atoms with van der Waals surface area (Å²) in [6, 6.07) is 23.3. The maximum Gasteiger partial charge on any atom is 0.251 e. The van der Waals surface area contributed by atoms with Crippen LogP contribution in [0.5, 0.6) is 0 Å². The first-order valence-corrected chi connectivity index (χ1v) is 12.2. The maximum absolute atomic E-state index is 12.8. The number of hydrogen-bond donors (Lipinski definition) is 1. The Labute approximate surface area is 193 Å². The molecule has 5 heteroatoms. The lowest BCUT2D eigenvalue weighted by atomic mass is 10.1. The molecule has 1 aliphatic rings. The van der Waals surface area contributed by atoms with Crippen molar-refractivity contribution in [3.63, 3.8) is 0 Å². The van der Waals surface area contributed by atoms with Crippen molar-refractivity contribution >= 4 is 28.6 Å². The largest absolute Gasteiger partial charge is 0.348 e. The first-order valence-electron chi connectivity index (χ1n) is 11.2. The maximum atomic E-state index is 12.8. The van der Waals surface area contributed by atoms with Crippen LogP contribution in [0.2, 0.25) is 0 Å². The molecule has 0 unspecified atom stereocenters. The summed E-state index contributed by atoms with van der Waals surface area (Å²) in [6.07, 6.45) is 5.09. The Bertz CT molecular complexity index is 1230. The van der Waals surface area contributed by atoms with Crippen LogP contribution >= 0.6 is 11.8 Å². The van der Waals surface area contributed by atoms with Gasteiger partial charge in [0.2, 0.25) is 0 Å². The van der Waals surface area contributed by atoms with Crippen molar-refractivity contribution in [1.29, 1.82) is 0 Å². The second-order valence-corrected chi connectivity index (χ2v) is 9.61. The van der Waals surface area contributed by atoms with Crippen LogP contribution in [0.4, 0.5) is 0 Å². The summed E-state index contributed by atoms with van der Waals surface area (Å²) >= 11 is 1.82. The van der Waals surface area contributed by atoms with Crippen molar-refractivity contribution in [1.82, 2.24) is 14.9 Å². The van der Waals surface area contributed by atoms with E-state index in [1.165, 1.54) is 28.9 Å². The molecule has 0 saturated heterocycles. The van der Waals surface area contributed by atoms with Crippen LogP contribution in [0.1, 0.15) is 53.1 Å². The Morgan fingerprint density at radius 1 is 1.09 bits per heavy atom. The summed E-state index contributed by atoms with van der Waals surface area (Å²) in [4.78, 5) is 18.6. The summed E-state index contributed by atoms with van der Waals surface area (Å²) in [5.41, 5.74) is 5.35. The predicted octanol–water partition coefficient (Wildman–Crippen LogP) is 6.00. The van der Waals surface area contributed by atoms with Gasteiger partial charge >= 0.3 is 0 Å². The van der Waals surface area contributed by atoms with Crippen molar-refractivity contribution in [2.45, 2.75) is 43.7 Å². The first kappa shape index (κ1) is 20.8. The zero-order valence-corrected chi connectivity index (χ0v) is 19.1. The van der Waals surface area contributed by atoms with Crippen molar-refractivity contribution in [3.8, 4) is 0 Å². The van der Waals surface area contributed by atoms with E-state index in [2.05, 4.69) is 64.3 Å². The molecule has 4 nitrogen and oxygen atoms in total. The molecule has 1 saturated carbocycles. The molecule has 1 N–H and O–H groups in total. The molecule has 1 aliphatic carbocycles. The Kier molecular flexibility index (Phi) is 5.99. The molecule has 0 bridgehead atoms. The van der Waals surface area contributed by atoms with Gasteiger partial charge in [0.15, 0.2) is 0 Å². The summed E-state index contributed by atoms with van der Waals surface area (Å²) in [5.74, 6) is 1.02. The van der Waals surface area contributed by atoms with E-state index in [4.69, 9.17) is 0 Å². The van der Waals surface area contributed by atoms with Crippen molar-refractivity contribution in [2.24, 2.45) is 0 Å². The molecule has 4 aromatic rings. The summed E-state index contributed by atoms with van der Waals surface area (Å²) in [7, 11) is 0. The normalized spacial score (nSPS) is 13.4. The highest BCUT2D eigenvalue weighted by molar-refractivity contribution is 7.99. The first-order chi connectivity index (χ1) is 15.7. The van der Waals surface area contributed by atoms with Crippen LogP contribution < -0.4 is 5.32 Å². The number of pyridine rings is 1. The summed E-state index contributed by atoms with van der Waals surface area (Å²) in [6.45, 7) is 2.68. The minimum absolute atomic E-state index is 0.0376. The lowest BCUT2D eigenvalue weighted by molar-refractivity contribution is 0.0951. The third-order valence-corrected chi connectivity index (χ3v) is 6.76. The molecular weight excluding hydrogens is 414 g/mol. The monoisotopic (exact) mass is 441 g/mol. The molecule has 32 heavy (non-hydrogen) atoms. The van der Waals surface area contributed by atoms with Gasteiger partial charge in [0.1, 0.15) is 0 Å². The molecule has 2 heterocycles. The fraction of sp³-hybridized carbons (Fsp3) is 0.259. The third-order valence-electron chi connectivity index (χ3n) is 5.87. The minimum Gasteiger partial charge on any atom is -0.348 e. The van der Waals surface area contributed by atoms with Gasteiger partial charge in [-0.15, -0.1) is 11.8 Å². The van der Waals surface area contributed by atoms with E-state index in [0.717, 1.165) is 28.8 Å². The van der Waals surface area contributed by atoms with Crippen LogP contribution in [-0.4, -0.2) is 21.2 Å². The second kappa shape index (κ2) is 9.21. The van der Waals surface area contributed by atoms with E-state index in [-0.39, 0.29) is 5.91 Å². The van der Waals surface area contributed by atoms with Gasteiger partial charge in [0.05, 0.1) is 0 Å². The van der Waals surface area contributed by atoms with Gasteiger partial charge in [-0.3, -0.25) is 9.78 Å². The van der Waals surface area contributed by atoms with Crippen molar-refractivity contribution < 1.29 is 4.79 Å². The van der Waals surface area contributed by atoms with Gasteiger partial charge in [-0.1, -0.05) is 25.1 Å². The molecule has 5 rings (SSSR count). The zero-order valence-electron chi connectivity index (χ0n) is 18.3. The van der Waals surface area contributed by atoms with Gasteiger partial charge in [-0.05, 0) is 72.7 Å². The SMILES string of the molecule is CCSc1ccc(CNC(=O)c2ccc3c(c2)cc(Cc2ccccn2)n3C2CC2)cc1. The molecule has 0 aliphatic heterocycles. The van der Waals surface area contributed by atoms with E-state index in [1.54, 1.807) is 0 Å². The number of nitrogens with one attached hydrogen (secondary N) is 1. The minimum atomic E-state index is -0.0376. The number of carbonyl (C=O) groups is 1. The number of amides is 1. The van der Waals surface area contributed by atoms with E-state index in [9.17, 15) is 4.79 Å². The summed E-state index contributed by atoms with van der Waals surface area (Å²) < 4.78 is 2.45. The quantitative estimate of drug-likeness (QED) is 0.341. The topological polar surface area (TPSA) is 46.9 Å². The number of hydrogen-bond acceptors (Lipinski definition) is 3. The highest BCUT2D eigenvalue weighted by Crippen LogP contribution is 2.40. The van der Waals surface area contributed by atoms with Crippen LogP contribution in [0.25, 0.3) is 10.9 Å². The number of benzene rings is 2. The second-order valence-electron chi connectivity index (χ2n) is 8.27. The van der Waals surface area contributed by atoms with Crippen LogP contribution in [-0.2, 0) is 13.0 Å². The van der Waals surface area contributed by atoms with Gasteiger partial charge < -0.3 is 9.88 Å². The zero-order chi connectivity index (χ0) is 21.9. The predicted molar refractivity (Wildman–Crippen MR) is 131 cm³/mol. The molecule has 162 valence electrons. The Hall–Kier alpha value is -3.05. The Morgan fingerprint density at radius 3 is 2.66 bits per heavy atom. The van der Waals surface area contributed by atoms with Gasteiger partial charge in [0, 0.05) is 58.0 Å². The molecule has 1 amide bonds. The Balaban J connectivity index is 1.34. The van der Waals surface area contributed by atoms with Gasteiger partial charge in [-0.25, -0.2) is 0 Å². The molecule has 0 radical (unpaired) electrons. The molecule has 0 atom stereocenters. The average molecular weight is 442 g/mol. The number of carbonyl (C=O) groups excluding carboxylic acids is 1. The van der Waals surface area contributed by atoms with Crippen LogP contribution in [0.3, 0.4) is 0 Å². The van der Waals surface area contributed by atoms with E-state index < -0.39 is 0 Å². The fourth-order valence-corrected chi connectivity index (χ4v) is 4.84. The van der Waals surface area contributed by atoms with E-state index in [1.807, 2.05) is 42.2 Å². The Morgan fingerprint density at radius 2 is 1.94 bits per heavy atom. The van der Waals surface area contributed by atoms with E-state index in [0.29, 0.717) is 18.2 Å². The molecule has 2 aromatic carbocycles. The average Bonchev–Trinajstić information content (AvgIpc) is 3.59. The molecule has 0 spiro atoms. The highest BCUT2D eigenvalue weighted by Gasteiger charge is 2.27. The smallest absolute Gasteiger partial charge is 0.251 e. The third kappa shape index (κ3) is 4.58. The number of thioether (sulfide) groups is 1. The molecular formula is C27H27N3OS. The lowest BCUT2D eigenvalue weighted by Gasteiger charge is -2.10. The van der Waals surface area contributed by atoms with Crippen LogP contribution in [0, 0.1) is 0 Å². The fourth-order valence-electron chi connectivity index (χ4n) is 4.18. The lowest BCUT2D eigenvalue weighted by Crippen LogP contribution is -2.22.